The molecule has 2 aromatic carbocycles. The number of amides is 2. The van der Waals surface area contributed by atoms with E-state index in [0.717, 1.165) is 44.5 Å². The molecule has 3 N–H and O–H groups in total. The van der Waals surface area contributed by atoms with Crippen LogP contribution in [0.15, 0.2) is 54.6 Å². The summed E-state index contributed by atoms with van der Waals surface area (Å²) >= 11 is 0. The zero-order chi connectivity index (χ0) is 29.1. The van der Waals surface area contributed by atoms with Crippen molar-refractivity contribution in [1.82, 2.24) is 15.5 Å². The van der Waals surface area contributed by atoms with E-state index in [0.29, 0.717) is 12.5 Å². The smallest absolute Gasteiger partial charge is 0.475 e. The third-order valence-corrected chi connectivity index (χ3v) is 8.12. The number of hydrogen-bond donors (Lipinski definition) is 3. The number of carboxylic acids is 1. The fourth-order valence-corrected chi connectivity index (χ4v) is 5.90. The Labute approximate surface area is 229 Å². The predicted molar refractivity (Wildman–Crippen MR) is 139 cm³/mol. The summed E-state index contributed by atoms with van der Waals surface area (Å²) in [4.78, 5) is 36.8. The van der Waals surface area contributed by atoms with Crippen LogP contribution in [0.1, 0.15) is 49.1 Å². The van der Waals surface area contributed by atoms with E-state index in [4.69, 9.17) is 9.90 Å². The molecule has 2 aliphatic heterocycles. The third-order valence-electron chi connectivity index (χ3n) is 8.12. The van der Waals surface area contributed by atoms with Crippen LogP contribution in [0, 0.1) is 17.2 Å². The van der Waals surface area contributed by atoms with E-state index < -0.39 is 17.6 Å². The summed E-state index contributed by atoms with van der Waals surface area (Å²) in [5.41, 5.74) is 1.86. The first-order valence-corrected chi connectivity index (χ1v) is 13.3. The lowest BCUT2D eigenvalue weighted by Gasteiger charge is -2.41. The van der Waals surface area contributed by atoms with E-state index >= 15 is 0 Å². The van der Waals surface area contributed by atoms with Gasteiger partial charge in [-0.25, -0.2) is 9.18 Å². The third kappa shape index (κ3) is 6.80. The number of likely N-dealkylation sites (tertiary alicyclic amines) is 1. The number of carbonyl (C=O) groups excluding carboxylic acids is 2. The standard InChI is InChI=1S/C27H32FN3O2.C2HF3O2/c1-18(30-25(32)23-15-22(23)19-5-3-2-4-6-19)17-31-13-11-27(12-14-31)24(16-29-26(27)33)20-7-9-21(28)10-8-20;3-2(4,5)1(6)7/h2-10,18,22-24H,11-17H2,1H3,(H,29,33)(H,30,32);(H,6,7)/t18-,22-,23+,24-;/m0./s1. The number of carboxylic acid groups (broad SMARTS) is 1. The van der Waals surface area contributed by atoms with Crippen LogP contribution in [0.2, 0.25) is 0 Å². The minimum atomic E-state index is -5.08. The number of nitrogens with one attached hydrogen (secondary N) is 2. The van der Waals surface area contributed by atoms with Gasteiger partial charge in [-0.3, -0.25) is 9.59 Å². The minimum Gasteiger partial charge on any atom is -0.475 e. The molecule has 1 saturated carbocycles. The Kier molecular flexibility index (Phi) is 8.82. The molecule has 40 heavy (non-hydrogen) atoms. The number of rotatable bonds is 6. The lowest BCUT2D eigenvalue weighted by atomic mass is 9.68. The zero-order valence-electron chi connectivity index (χ0n) is 22.1. The molecule has 216 valence electrons. The number of alkyl halides is 3. The molecule has 7 nitrogen and oxygen atoms in total. The molecule has 5 rings (SSSR count). The molecule has 2 heterocycles. The highest BCUT2D eigenvalue weighted by Crippen LogP contribution is 2.48. The average Bonchev–Trinajstić information content (AvgIpc) is 3.66. The fourth-order valence-electron chi connectivity index (χ4n) is 5.90. The normalized spacial score (nSPS) is 24.4. The van der Waals surface area contributed by atoms with Gasteiger partial charge in [-0.15, -0.1) is 0 Å². The number of nitrogens with zero attached hydrogens (tertiary/aromatic N) is 1. The molecule has 0 aromatic heterocycles. The van der Waals surface area contributed by atoms with Gasteiger partial charge in [0, 0.05) is 31.0 Å². The summed E-state index contributed by atoms with van der Waals surface area (Å²) in [5.74, 6) is -2.23. The maximum absolute atomic E-state index is 13.4. The van der Waals surface area contributed by atoms with Crippen molar-refractivity contribution in [2.75, 3.05) is 26.2 Å². The number of aliphatic carboxylic acids is 1. The van der Waals surface area contributed by atoms with Crippen molar-refractivity contribution in [3.63, 3.8) is 0 Å². The topological polar surface area (TPSA) is 98.7 Å². The van der Waals surface area contributed by atoms with Gasteiger partial charge in [0.15, 0.2) is 0 Å². The molecule has 1 spiro atoms. The van der Waals surface area contributed by atoms with E-state index in [1.807, 2.05) is 30.3 Å². The maximum Gasteiger partial charge on any atom is 0.490 e. The Morgan fingerprint density at radius 2 is 1.68 bits per heavy atom. The molecule has 3 aliphatic rings. The lowest BCUT2D eigenvalue weighted by Crippen LogP contribution is -2.50. The second kappa shape index (κ2) is 12.0. The van der Waals surface area contributed by atoms with Gasteiger partial charge in [0.1, 0.15) is 5.82 Å². The van der Waals surface area contributed by atoms with E-state index in [1.165, 1.54) is 17.7 Å². The molecule has 2 saturated heterocycles. The van der Waals surface area contributed by atoms with Crippen molar-refractivity contribution in [1.29, 1.82) is 0 Å². The number of halogens is 4. The first kappa shape index (κ1) is 29.5. The Bertz CT molecular complexity index is 1200. The van der Waals surface area contributed by atoms with Crippen LogP contribution >= 0.6 is 0 Å². The second-order valence-electron chi connectivity index (χ2n) is 10.8. The molecular formula is C29H33F4N3O4. The molecule has 0 bridgehead atoms. The molecule has 2 aromatic rings. The predicted octanol–water partition coefficient (Wildman–Crippen LogP) is 4.06. The highest BCUT2D eigenvalue weighted by atomic mass is 19.4. The number of hydrogen-bond acceptors (Lipinski definition) is 4. The van der Waals surface area contributed by atoms with Gasteiger partial charge in [-0.1, -0.05) is 42.5 Å². The van der Waals surface area contributed by atoms with Crippen LogP contribution in [-0.4, -0.2) is 66.2 Å². The van der Waals surface area contributed by atoms with Crippen molar-refractivity contribution in [3.05, 3.63) is 71.5 Å². The van der Waals surface area contributed by atoms with E-state index in [1.54, 1.807) is 0 Å². The van der Waals surface area contributed by atoms with Gasteiger partial charge in [0.2, 0.25) is 11.8 Å². The molecule has 0 unspecified atom stereocenters. The number of carbonyl (C=O) groups is 3. The first-order valence-electron chi connectivity index (χ1n) is 13.3. The monoisotopic (exact) mass is 563 g/mol. The molecule has 0 radical (unpaired) electrons. The van der Waals surface area contributed by atoms with Crippen LogP contribution in [0.3, 0.4) is 0 Å². The lowest BCUT2D eigenvalue weighted by molar-refractivity contribution is -0.192. The summed E-state index contributed by atoms with van der Waals surface area (Å²) in [7, 11) is 0. The summed E-state index contributed by atoms with van der Waals surface area (Å²) in [6.07, 6.45) is -2.60. The molecule has 4 atom stereocenters. The van der Waals surface area contributed by atoms with Gasteiger partial charge >= 0.3 is 12.1 Å². The zero-order valence-corrected chi connectivity index (χ0v) is 22.1. The number of benzene rings is 2. The Hall–Kier alpha value is -3.47. The van der Waals surface area contributed by atoms with Gasteiger partial charge in [0.25, 0.3) is 0 Å². The molecule has 2 amide bonds. The quantitative estimate of drug-likeness (QED) is 0.461. The van der Waals surface area contributed by atoms with Crippen LogP contribution in [0.5, 0.6) is 0 Å². The van der Waals surface area contributed by atoms with Gasteiger partial charge < -0.3 is 20.6 Å². The van der Waals surface area contributed by atoms with Crippen molar-refractivity contribution in [3.8, 4) is 0 Å². The highest BCUT2D eigenvalue weighted by Gasteiger charge is 2.52. The van der Waals surface area contributed by atoms with Crippen molar-refractivity contribution >= 4 is 17.8 Å². The summed E-state index contributed by atoms with van der Waals surface area (Å²) in [5, 5.41) is 13.4. The molecule has 11 heteroatoms. The van der Waals surface area contributed by atoms with E-state index in [2.05, 4.69) is 34.6 Å². The molecule has 1 aliphatic carbocycles. The minimum absolute atomic E-state index is 0.0638. The van der Waals surface area contributed by atoms with Crippen LogP contribution in [0.4, 0.5) is 17.6 Å². The van der Waals surface area contributed by atoms with Crippen molar-refractivity contribution < 1.29 is 37.1 Å². The Morgan fingerprint density at radius 3 is 2.25 bits per heavy atom. The maximum atomic E-state index is 13.4. The molecule has 3 fully saturated rings. The van der Waals surface area contributed by atoms with Gasteiger partial charge in [0.05, 0.1) is 5.41 Å². The van der Waals surface area contributed by atoms with Crippen LogP contribution in [0.25, 0.3) is 0 Å². The van der Waals surface area contributed by atoms with E-state index in [-0.39, 0.29) is 35.5 Å². The Morgan fingerprint density at radius 1 is 1.07 bits per heavy atom. The summed E-state index contributed by atoms with van der Waals surface area (Å²) in [6.45, 7) is 5.10. The van der Waals surface area contributed by atoms with E-state index in [9.17, 15) is 27.2 Å². The van der Waals surface area contributed by atoms with Crippen LogP contribution in [-0.2, 0) is 14.4 Å². The summed E-state index contributed by atoms with van der Waals surface area (Å²) < 4.78 is 45.1. The second-order valence-corrected chi connectivity index (χ2v) is 10.8. The van der Waals surface area contributed by atoms with Crippen molar-refractivity contribution in [2.24, 2.45) is 11.3 Å². The van der Waals surface area contributed by atoms with Gasteiger partial charge in [-0.2, -0.15) is 13.2 Å². The Balaban J connectivity index is 0.000000470. The first-order chi connectivity index (χ1) is 18.9. The van der Waals surface area contributed by atoms with Crippen molar-refractivity contribution in [2.45, 2.75) is 50.2 Å². The van der Waals surface area contributed by atoms with Crippen LogP contribution < -0.4 is 10.6 Å². The highest BCUT2D eigenvalue weighted by molar-refractivity contribution is 5.86. The van der Waals surface area contributed by atoms with Gasteiger partial charge in [-0.05, 0) is 68.5 Å². The SMILES string of the molecule is C[C@@H](CN1CCC2(CC1)C(=O)NC[C@H]2c1ccc(F)cc1)NC(=O)[C@@H]1C[C@H]1c1ccccc1.O=C(O)C(F)(F)F. The average molecular weight is 564 g/mol. The summed E-state index contributed by atoms with van der Waals surface area (Å²) in [6, 6.07) is 16.9. The molecular weight excluding hydrogens is 530 g/mol. The number of piperidine rings is 1. The largest absolute Gasteiger partial charge is 0.490 e. The fraction of sp³-hybridized carbons (Fsp3) is 0.483.